The summed E-state index contributed by atoms with van der Waals surface area (Å²) in [5, 5.41) is 2.80. The molecule has 1 aromatic carbocycles. The third kappa shape index (κ3) is 3.77. The second-order valence-corrected chi connectivity index (χ2v) is 5.61. The fraction of sp³-hybridized carbons (Fsp3) is 0.533. The van der Waals surface area contributed by atoms with Crippen molar-refractivity contribution in [2.24, 2.45) is 5.73 Å². The van der Waals surface area contributed by atoms with Gasteiger partial charge in [-0.1, -0.05) is 19.3 Å². The summed E-state index contributed by atoms with van der Waals surface area (Å²) >= 11 is 0. The standard InChI is InChI=1S/C15H21FN2O/c1-11-9-12(5-6-13(11)16)18-14(19)10-15(17)7-3-2-4-8-15/h5-6,9H,2-4,7-8,10,17H2,1H3,(H,18,19). The number of benzene rings is 1. The molecule has 0 aliphatic heterocycles. The van der Waals surface area contributed by atoms with Crippen molar-refractivity contribution in [3.05, 3.63) is 29.6 Å². The van der Waals surface area contributed by atoms with Crippen LogP contribution in [0.4, 0.5) is 10.1 Å². The molecule has 0 atom stereocenters. The summed E-state index contributed by atoms with van der Waals surface area (Å²) in [6.07, 6.45) is 5.55. The first-order valence-corrected chi connectivity index (χ1v) is 6.83. The molecule has 1 saturated carbocycles. The molecule has 19 heavy (non-hydrogen) atoms. The Balaban J connectivity index is 1.95. The van der Waals surface area contributed by atoms with Crippen LogP contribution in [0.5, 0.6) is 0 Å². The summed E-state index contributed by atoms with van der Waals surface area (Å²) in [5.41, 5.74) is 7.04. The Bertz CT molecular complexity index is 467. The highest BCUT2D eigenvalue weighted by Gasteiger charge is 2.29. The maximum atomic E-state index is 13.1. The van der Waals surface area contributed by atoms with E-state index in [0.29, 0.717) is 17.7 Å². The third-order valence-electron chi connectivity index (χ3n) is 3.80. The predicted octanol–water partition coefficient (Wildman–Crippen LogP) is 3.12. The largest absolute Gasteiger partial charge is 0.326 e. The number of nitrogens with two attached hydrogens (primary N) is 1. The Morgan fingerprint density at radius 2 is 2.05 bits per heavy atom. The van der Waals surface area contributed by atoms with E-state index in [1.54, 1.807) is 19.1 Å². The van der Waals surface area contributed by atoms with Gasteiger partial charge in [0.15, 0.2) is 0 Å². The van der Waals surface area contributed by atoms with Crippen molar-refractivity contribution >= 4 is 11.6 Å². The topological polar surface area (TPSA) is 55.1 Å². The lowest BCUT2D eigenvalue weighted by Gasteiger charge is -2.32. The number of hydrogen-bond acceptors (Lipinski definition) is 2. The Kier molecular flexibility index (Phi) is 4.20. The summed E-state index contributed by atoms with van der Waals surface area (Å²) in [6, 6.07) is 4.57. The molecule has 0 heterocycles. The number of hydrogen-bond donors (Lipinski definition) is 2. The Morgan fingerprint density at radius 1 is 1.37 bits per heavy atom. The first-order valence-electron chi connectivity index (χ1n) is 6.83. The molecular weight excluding hydrogens is 243 g/mol. The molecule has 1 aliphatic carbocycles. The fourth-order valence-electron chi connectivity index (χ4n) is 2.68. The van der Waals surface area contributed by atoms with Crippen molar-refractivity contribution in [1.29, 1.82) is 0 Å². The number of halogens is 1. The van der Waals surface area contributed by atoms with Gasteiger partial charge in [0, 0.05) is 17.6 Å². The van der Waals surface area contributed by atoms with Gasteiger partial charge in [0.1, 0.15) is 5.82 Å². The molecule has 0 unspecified atom stereocenters. The molecule has 3 nitrogen and oxygen atoms in total. The molecule has 1 fully saturated rings. The van der Waals surface area contributed by atoms with Crippen LogP contribution >= 0.6 is 0 Å². The molecule has 1 aromatic rings. The number of carbonyl (C=O) groups is 1. The van der Waals surface area contributed by atoms with Crippen LogP contribution in [0.1, 0.15) is 44.1 Å². The van der Waals surface area contributed by atoms with Gasteiger partial charge >= 0.3 is 0 Å². The van der Waals surface area contributed by atoms with Gasteiger partial charge in [-0.05, 0) is 43.5 Å². The zero-order valence-corrected chi connectivity index (χ0v) is 11.3. The van der Waals surface area contributed by atoms with Gasteiger partial charge in [-0.25, -0.2) is 4.39 Å². The Labute approximate surface area is 113 Å². The third-order valence-corrected chi connectivity index (χ3v) is 3.80. The van der Waals surface area contributed by atoms with E-state index in [2.05, 4.69) is 5.32 Å². The van der Waals surface area contributed by atoms with Crippen LogP contribution in [0.2, 0.25) is 0 Å². The highest BCUT2D eigenvalue weighted by Crippen LogP contribution is 2.29. The molecule has 1 aliphatic rings. The first kappa shape index (κ1) is 14.0. The monoisotopic (exact) mass is 264 g/mol. The highest BCUT2D eigenvalue weighted by molar-refractivity contribution is 5.91. The molecule has 0 saturated heterocycles. The summed E-state index contributed by atoms with van der Waals surface area (Å²) in [4.78, 5) is 12.0. The number of rotatable bonds is 3. The lowest BCUT2D eigenvalue weighted by atomic mass is 9.80. The van der Waals surface area contributed by atoms with Crippen LogP contribution in [-0.2, 0) is 4.79 Å². The van der Waals surface area contributed by atoms with Gasteiger partial charge in [-0.15, -0.1) is 0 Å². The second-order valence-electron chi connectivity index (χ2n) is 5.61. The van der Waals surface area contributed by atoms with E-state index in [-0.39, 0.29) is 17.3 Å². The van der Waals surface area contributed by atoms with Crippen LogP contribution < -0.4 is 11.1 Å². The molecule has 3 N–H and O–H groups in total. The molecule has 0 spiro atoms. The summed E-state index contributed by atoms with van der Waals surface area (Å²) in [7, 11) is 0. The van der Waals surface area contributed by atoms with Gasteiger partial charge in [-0.2, -0.15) is 0 Å². The molecule has 104 valence electrons. The lowest BCUT2D eigenvalue weighted by Crippen LogP contribution is -2.44. The predicted molar refractivity (Wildman–Crippen MR) is 74.4 cm³/mol. The minimum atomic E-state index is -0.364. The Morgan fingerprint density at radius 3 is 2.68 bits per heavy atom. The smallest absolute Gasteiger partial charge is 0.226 e. The molecule has 0 bridgehead atoms. The van der Waals surface area contributed by atoms with Gasteiger partial charge in [-0.3, -0.25) is 4.79 Å². The van der Waals surface area contributed by atoms with Crippen LogP contribution in [0.3, 0.4) is 0 Å². The zero-order chi connectivity index (χ0) is 13.9. The van der Waals surface area contributed by atoms with E-state index in [1.165, 1.54) is 12.5 Å². The van der Waals surface area contributed by atoms with E-state index < -0.39 is 0 Å². The number of anilines is 1. The van der Waals surface area contributed by atoms with Crippen molar-refractivity contribution in [3.8, 4) is 0 Å². The fourth-order valence-corrected chi connectivity index (χ4v) is 2.68. The molecule has 2 rings (SSSR count). The van der Waals surface area contributed by atoms with E-state index in [1.807, 2.05) is 0 Å². The molecule has 1 amide bonds. The number of amides is 1. The summed E-state index contributed by atoms with van der Waals surface area (Å²) < 4.78 is 13.1. The zero-order valence-electron chi connectivity index (χ0n) is 11.3. The minimum absolute atomic E-state index is 0.0876. The van der Waals surface area contributed by atoms with Crippen LogP contribution in [0.15, 0.2) is 18.2 Å². The van der Waals surface area contributed by atoms with Crippen molar-refractivity contribution in [2.45, 2.75) is 51.0 Å². The average Bonchev–Trinajstić information content (AvgIpc) is 2.34. The quantitative estimate of drug-likeness (QED) is 0.881. The van der Waals surface area contributed by atoms with Crippen LogP contribution in [0, 0.1) is 12.7 Å². The Hall–Kier alpha value is -1.42. The van der Waals surface area contributed by atoms with E-state index in [0.717, 1.165) is 25.7 Å². The SMILES string of the molecule is Cc1cc(NC(=O)CC2(N)CCCCC2)ccc1F. The van der Waals surface area contributed by atoms with E-state index in [4.69, 9.17) is 5.73 Å². The molecule has 0 aromatic heterocycles. The van der Waals surface area contributed by atoms with Gasteiger partial charge in [0.25, 0.3) is 0 Å². The maximum absolute atomic E-state index is 13.1. The number of nitrogens with one attached hydrogen (secondary N) is 1. The summed E-state index contributed by atoms with van der Waals surface area (Å²) in [6.45, 7) is 1.68. The van der Waals surface area contributed by atoms with Crippen LogP contribution in [-0.4, -0.2) is 11.4 Å². The normalized spacial score (nSPS) is 18.1. The maximum Gasteiger partial charge on any atom is 0.226 e. The van der Waals surface area contributed by atoms with Crippen LogP contribution in [0.25, 0.3) is 0 Å². The first-order chi connectivity index (χ1) is 8.98. The van der Waals surface area contributed by atoms with Gasteiger partial charge in [0.2, 0.25) is 5.91 Å². The van der Waals surface area contributed by atoms with E-state index in [9.17, 15) is 9.18 Å². The van der Waals surface area contributed by atoms with E-state index >= 15 is 0 Å². The lowest BCUT2D eigenvalue weighted by molar-refractivity contribution is -0.117. The van der Waals surface area contributed by atoms with Crippen molar-refractivity contribution in [2.75, 3.05) is 5.32 Å². The number of aryl methyl sites for hydroxylation is 1. The molecule has 0 radical (unpaired) electrons. The average molecular weight is 264 g/mol. The van der Waals surface area contributed by atoms with Crippen molar-refractivity contribution < 1.29 is 9.18 Å². The molecular formula is C15H21FN2O. The summed E-state index contributed by atoms with van der Waals surface area (Å²) in [5.74, 6) is -0.351. The minimum Gasteiger partial charge on any atom is -0.326 e. The van der Waals surface area contributed by atoms with Gasteiger partial charge < -0.3 is 11.1 Å². The second kappa shape index (κ2) is 5.70. The number of carbonyl (C=O) groups excluding carboxylic acids is 1. The molecule has 4 heteroatoms. The highest BCUT2D eigenvalue weighted by atomic mass is 19.1. The van der Waals surface area contributed by atoms with Crippen molar-refractivity contribution in [3.63, 3.8) is 0 Å². The van der Waals surface area contributed by atoms with Gasteiger partial charge in [0.05, 0.1) is 0 Å². The van der Waals surface area contributed by atoms with Crippen molar-refractivity contribution in [1.82, 2.24) is 0 Å².